The largest absolute Gasteiger partial charge is 0.345 e. The summed E-state index contributed by atoms with van der Waals surface area (Å²) in [5, 5.41) is 0. The van der Waals surface area contributed by atoms with E-state index in [0.29, 0.717) is 30.6 Å². The summed E-state index contributed by atoms with van der Waals surface area (Å²) in [6.45, 7) is 1.07. The Balaban J connectivity index is 1.54. The zero-order valence-electron chi connectivity index (χ0n) is 13.0. The molecular formula is C19H16FN3O. The Kier molecular flexibility index (Phi) is 3.61. The third-order valence-corrected chi connectivity index (χ3v) is 4.38. The van der Waals surface area contributed by atoms with Crippen molar-refractivity contribution >= 4 is 22.5 Å². The minimum atomic E-state index is -0.215. The van der Waals surface area contributed by atoms with Crippen molar-refractivity contribution in [3.8, 4) is 0 Å². The molecule has 120 valence electrons. The van der Waals surface area contributed by atoms with Crippen LogP contribution in [0.15, 0.2) is 54.9 Å². The molecule has 2 aromatic carbocycles. The second-order valence-electron chi connectivity index (χ2n) is 5.84. The monoisotopic (exact) mass is 321 g/mol. The average Bonchev–Trinajstić information content (AvgIpc) is 3.09. The molecule has 1 aromatic heterocycles. The Morgan fingerprint density at radius 2 is 2.08 bits per heavy atom. The molecule has 2 heterocycles. The van der Waals surface area contributed by atoms with E-state index in [1.165, 1.54) is 6.07 Å². The third-order valence-electron chi connectivity index (χ3n) is 4.38. The number of nitrogens with zero attached hydrogens (tertiary/aromatic N) is 2. The van der Waals surface area contributed by atoms with Gasteiger partial charge >= 0.3 is 0 Å². The van der Waals surface area contributed by atoms with Crippen LogP contribution in [0.25, 0.3) is 16.6 Å². The van der Waals surface area contributed by atoms with Crippen molar-refractivity contribution in [3.63, 3.8) is 0 Å². The summed E-state index contributed by atoms with van der Waals surface area (Å²) in [7, 11) is 0. The lowest BCUT2D eigenvalue weighted by atomic mass is 9.98. The van der Waals surface area contributed by atoms with Crippen molar-refractivity contribution in [2.45, 2.75) is 6.42 Å². The summed E-state index contributed by atoms with van der Waals surface area (Å²) >= 11 is 0. The number of nitrogens with one attached hydrogen (secondary N) is 1. The van der Waals surface area contributed by atoms with Gasteiger partial charge in [0.05, 0.1) is 17.4 Å². The van der Waals surface area contributed by atoms with Gasteiger partial charge in [0.1, 0.15) is 5.82 Å². The maximum absolute atomic E-state index is 13.9. The summed E-state index contributed by atoms with van der Waals surface area (Å²) in [5.74, 6) is -0.233. The number of fused-ring (bicyclic) bond motifs is 1. The van der Waals surface area contributed by atoms with Crippen LogP contribution in [0.4, 0.5) is 4.39 Å². The normalized spacial score (nSPS) is 14.7. The third kappa shape index (κ3) is 2.58. The Labute approximate surface area is 138 Å². The quantitative estimate of drug-likeness (QED) is 0.783. The summed E-state index contributed by atoms with van der Waals surface area (Å²) in [6.07, 6.45) is 4.21. The number of carbonyl (C=O) groups excluding carboxylic acids is 1. The van der Waals surface area contributed by atoms with Crippen molar-refractivity contribution in [1.82, 2.24) is 14.9 Å². The molecule has 0 spiro atoms. The Hall–Kier alpha value is -2.95. The van der Waals surface area contributed by atoms with E-state index in [0.717, 1.165) is 16.6 Å². The molecule has 1 aliphatic heterocycles. The smallest absolute Gasteiger partial charge is 0.254 e. The van der Waals surface area contributed by atoms with Crippen molar-refractivity contribution in [2.24, 2.45) is 0 Å². The molecule has 0 radical (unpaired) electrons. The van der Waals surface area contributed by atoms with Crippen molar-refractivity contribution in [3.05, 3.63) is 71.8 Å². The first kappa shape index (κ1) is 14.6. The lowest BCUT2D eigenvalue weighted by molar-refractivity contribution is 0.0773. The van der Waals surface area contributed by atoms with Crippen LogP contribution in [0, 0.1) is 5.82 Å². The molecule has 1 N–H and O–H groups in total. The summed E-state index contributed by atoms with van der Waals surface area (Å²) in [4.78, 5) is 21.6. The van der Waals surface area contributed by atoms with Gasteiger partial charge in [-0.2, -0.15) is 0 Å². The number of H-pyrrole nitrogens is 1. The van der Waals surface area contributed by atoms with Gasteiger partial charge in [-0.15, -0.1) is 0 Å². The van der Waals surface area contributed by atoms with E-state index >= 15 is 0 Å². The molecule has 4 rings (SSSR count). The predicted octanol–water partition coefficient (Wildman–Crippen LogP) is 3.63. The van der Waals surface area contributed by atoms with Crippen molar-refractivity contribution < 1.29 is 9.18 Å². The molecule has 4 nitrogen and oxygen atoms in total. The molecule has 5 heteroatoms. The SMILES string of the molecule is O=C(c1ccc2nc[nH]c2c1)N1CC=C(c2ccccc2F)CC1. The number of halogens is 1. The van der Waals surface area contributed by atoms with Gasteiger partial charge in [0.15, 0.2) is 0 Å². The van der Waals surface area contributed by atoms with Crippen LogP contribution >= 0.6 is 0 Å². The van der Waals surface area contributed by atoms with E-state index < -0.39 is 0 Å². The zero-order chi connectivity index (χ0) is 16.5. The number of benzene rings is 2. The highest BCUT2D eigenvalue weighted by molar-refractivity contribution is 5.97. The molecule has 3 aromatic rings. The average molecular weight is 321 g/mol. The van der Waals surface area contributed by atoms with Crippen LogP contribution in [0.5, 0.6) is 0 Å². The zero-order valence-corrected chi connectivity index (χ0v) is 13.0. The number of aromatic nitrogens is 2. The summed E-state index contributed by atoms with van der Waals surface area (Å²) in [5.41, 5.74) is 3.91. The van der Waals surface area contributed by atoms with Crippen LogP contribution in [-0.4, -0.2) is 33.9 Å². The maximum Gasteiger partial charge on any atom is 0.254 e. The Bertz CT molecular complexity index is 944. The predicted molar refractivity (Wildman–Crippen MR) is 91.0 cm³/mol. The molecular weight excluding hydrogens is 305 g/mol. The van der Waals surface area contributed by atoms with Gasteiger partial charge in [-0.3, -0.25) is 4.79 Å². The van der Waals surface area contributed by atoms with Crippen LogP contribution < -0.4 is 0 Å². The van der Waals surface area contributed by atoms with E-state index in [1.807, 2.05) is 24.3 Å². The highest BCUT2D eigenvalue weighted by Crippen LogP contribution is 2.25. The molecule has 1 aliphatic rings. The van der Waals surface area contributed by atoms with E-state index in [1.54, 1.807) is 29.4 Å². The first-order valence-corrected chi connectivity index (χ1v) is 7.89. The molecule has 0 unspecified atom stereocenters. The standard InChI is InChI=1S/C19H16FN3O/c20-16-4-2-1-3-15(16)13-7-9-23(10-8-13)19(24)14-5-6-17-18(11-14)22-12-21-17/h1-7,11-12H,8-10H2,(H,21,22). The number of hydrogen-bond donors (Lipinski definition) is 1. The molecule has 0 saturated carbocycles. The van der Waals surface area contributed by atoms with Gasteiger partial charge < -0.3 is 9.88 Å². The molecule has 24 heavy (non-hydrogen) atoms. The van der Waals surface area contributed by atoms with Gasteiger partial charge in [0, 0.05) is 24.2 Å². The van der Waals surface area contributed by atoms with Gasteiger partial charge in [-0.1, -0.05) is 24.3 Å². The van der Waals surface area contributed by atoms with E-state index in [-0.39, 0.29) is 11.7 Å². The lowest BCUT2D eigenvalue weighted by Crippen LogP contribution is -2.34. The summed E-state index contributed by atoms with van der Waals surface area (Å²) < 4.78 is 13.9. The van der Waals surface area contributed by atoms with Crippen molar-refractivity contribution in [2.75, 3.05) is 13.1 Å². The van der Waals surface area contributed by atoms with Gasteiger partial charge in [-0.05, 0) is 36.3 Å². The first-order valence-electron chi connectivity index (χ1n) is 7.89. The topological polar surface area (TPSA) is 49.0 Å². The molecule has 0 atom stereocenters. The molecule has 0 fully saturated rings. The number of hydrogen-bond acceptors (Lipinski definition) is 2. The highest BCUT2D eigenvalue weighted by atomic mass is 19.1. The Morgan fingerprint density at radius 1 is 1.21 bits per heavy atom. The van der Waals surface area contributed by atoms with E-state index in [9.17, 15) is 9.18 Å². The minimum Gasteiger partial charge on any atom is -0.345 e. The number of rotatable bonds is 2. The summed E-state index contributed by atoms with van der Waals surface area (Å²) in [6, 6.07) is 12.2. The number of aromatic amines is 1. The van der Waals surface area contributed by atoms with Gasteiger partial charge in [0.2, 0.25) is 0 Å². The number of carbonyl (C=O) groups is 1. The second kappa shape index (κ2) is 5.92. The maximum atomic E-state index is 13.9. The van der Waals surface area contributed by atoms with E-state index in [4.69, 9.17) is 0 Å². The second-order valence-corrected chi connectivity index (χ2v) is 5.84. The number of amides is 1. The van der Waals surface area contributed by atoms with Gasteiger partial charge in [0.25, 0.3) is 5.91 Å². The van der Waals surface area contributed by atoms with Crippen LogP contribution in [0.3, 0.4) is 0 Å². The van der Waals surface area contributed by atoms with E-state index in [2.05, 4.69) is 9.97 Å². The van der Waals surface area contributed by atoms with Crippen molar-refractivity contribution in [1.29, 1.82) is 0 Å². The lowest BCUT2D eigenvalue weighted by Gasteiger charge is -2.27. The minimum absolute atomic E-state index is 0.0182. The van der Waals surface area contributed by atoms with Gasteiger partial charge in [-0.25, -0.2) is 9.37 Å². The highest BCUT2D eigenvalue weighted by Gasteiger charge is 2.20. The molecule has 0 saturated heterocycles. The van der Waals surface area contributed by atoms with Crippen LogP contribution in [-0.2, 0) is 0 Å². The Morgan fingerprint density at radius 3 is 2.88 bits per heavy atom. The molecule has 0 bridgehead atoms. The fraction of sp³-hybridized carbons (Fsp3) is 0.158. The van der Waals surface area contributed by atoms with Crippen LogP contribution in [0.2, 0.25) is 0 Å². The van der Waals surface area contributed by atoms with Crippen LogP contribution in [0.1, 0.15) is 22.3 Å². The molecule has 0 aliphatic carbocycles. The fourth-order valence-corrected chi connectivity index (χ4v) is 3.07. The molecule has 1 amide bonds. The fourth-order valence-electron chi connectivity index (χ4n) is 3.07. The number of imidazole rings is 1. The first-order chi connectivity index (χ1) is 11.7.